The highest BCUT2D eigenvalue weighted by Crippen LogP contribution is 2.47. The van der Waals surface area contributed by atoms with Crippen molar-refractivity contribution in [3.8, 4) is 11.5 Å². The van der Waals surface area contributed by atoms with Crippen LogP contribution in [0.15, 0.2) is 30.8 Å². The number of halogens is 2. The van der Waals surface area contributed by atoms with Gasteiger partial charge in [0.05, 0.1) is 11.1 Å². The van der Waals surface area contributed by atoms with Crippen molar-refractivity contribution in [2.24, 2.45) is 0 Å². The number of benzene rings is 2. The van der Waals surface area contributed by atoms with E-state index in [-0.39, 0.29) is 28.4 Å². The van der Waals surface area contributed by atoms with Gasteiger partial charge in [-0.15, -0.1) is 23.2 Å². The quantitative estimate of drug-likeness (QED) is 0.219. The SMILES string of the molecule is C=C1c2c(O)ccc(O)c2C(=O)c2c(NCCN(C)C)ccc(NCCN(CCCl)CCCl)c21. The standard InChI is InChI=1S/C25H32Cl2N4O3/c1-16-21-17(29-11-15-31(12-8-26)13-9-27)4-5-18(28-10-14-30(2)3)23(21)25(34)24-20(33)7-6-19(32)22(16)24/h4-7,28-29,32-33H,1,8-15H2,2-3H3. The summed E-state index contributed by atoms with van der Waals surface area (Å²) in [6.07, 6.45) is 0. The molecule has 4 N–H and O–H groups in total. The van der Waals surface area contributed by atoms with Crippen LogP contribution in [0.5, 0.6) is 11.5 Å². The maximum Gasteiger partial charge on any atom is 0.200 e. The molecule has 0 bridgehead atoms. The minimum absolute atomic E-state index is 0.0701. The number of nitrogens with zero attached hydrogens (tertiary/aromatic N) is 2. The van der Waals surface area contributed by atoms with Crippen LogP contribution >= 0.6 is 23.2 Å². The van der Waals surface area contributed by atoms with Crippen LogP contribution in [0.4, 0.5) is 11.4 Å². The number of hydrogen-bond donors (Lipinski definition) is 4. The number of likely N-dealkylation sites (N-methyl/N-ethyl adjacent to an activating group) is 1. The number of fused-ring (bicyclic) bond motifs is 2. The second-order valence-corrected chi connectivity index (χ2v) is 9.20. The number of phenols is 2. The van der Waals surface area contributed by atoms with Crippen LogP contribution in [0.25, 0.3) is 5.57 Å². The Morgan fingerprint density at radius 2 is 1.32 bits per heavy atom. The summed E-state index contributed by atoms with van der Waals surface area (Å²) in [7, 11) is 3.96. The Morgan fingerprint density at radius 1 is 0.794 bits per heavy atom. The molecule has 0 atom stereocenters. The summed E-state index contributed by atoms with van der Waals surface area (Å²) in [5.74, 6) is 0.409. The van der Waals surface area contributed by atoms with Crippen molar-refractivity contribution in [2.75, 3.05) is 75.8 Å². The minimum atomic E-state index is -0.354. The Balaban J connectivity index is 1.99. The van der Waals surface area contributed by atoms with Crippen LogP contribution < -0.4 is 10.6 Å². The Bertz CT molecular complexity index is 1050. The third kappa shape index (κ3) is 5.61. The molecule has 0 unspecified atom stereocenters. The summed E-state index contributed by atoms with van der Waals surface area (Å²) in [6.45, 7) is 8.41. The zero-order valence-corrected chi connectivity index (χ0v) is 21.1. The summed E-state index contributed by atoms with van der Waals surface area (Å²) in [4.78, 5) is 17.8. The smallest absolute Gasteiger partial charge is 0.200 e. The molecule has 0 radical (unpaired) electrons. The summed E-state index contributed by atoms with van der Waals surface area (Å²) in [5, 5.41) is 27.7. The molecule has 0 heterocycles. The Morgan fingerprint density at radius 3 is 1.88 bits per heavy atom. The Kier molecular flexibility index (Phi) is 9.08. The van der Waals surface area contributed by atoms with Gasteiger partial charge in [0.15, 0.2) is 5.78 Å². The molecule has 0 saturated heterocycles. The van der Waals surface area contributed by atoms with Crippen LogP contribution in [-0.2, 0) is 0 Å². The number of anilines is 2. The van der Waals surface area contributed by atoms with Crippen LogP contribution in [0.3, 0.4) is 0 Å². The van der Waals surface area contributed by atoms with Crippen molar-refractivity contribution in [3.05, 3.63) is 53.1 Å². The van der Waals surface area contributed by atoms with Crippen LogP contribution in [-0.4, -0.2) is 90.9 Å². The fourth-order valence-corrected chi connectivity index (χ4v) is 4.63. The van der Waals surface area contributed by atoms with Crippen LogP contribution in [0.2, 0.25) is 0 Å². The molecular formula is C25H32Cl2N4O3. The van der Waals surface area contributed by atoms with E-state index < -0.39 is 0 Å². The van der Waals surface area contributed by atoms with E-state index in [1.54, 1.807) is 0 Å². The second kappa shape index (κ2) is 11.8. The first kappa shape index (κ1) is 26.2. The highest BCUT2D eigenvalue weighted by Gasteiger charge is 2.34. The molecule has 0 aliphatic heterocycles. The van der Waals surface area contributed by atoms with Gasteiger partial charge in [0.2, 0.25) is 0 Å². The van der Waals surface area contributed by atoms with Crippen molar-refractivity contribution in [3.63, 3.8) is 0 Å². The van der Waals surface area contributed by atoms with Crippen molar-refractivity contribution >= 4 is 45.9 Å². The molecule has 7 nitrogen and oxygen atoms in total. The van der Waals surface area contributed by atoms with Gasteiger partial charge in [-0.05, 0) is 43.9 Å². The van der Waals surface area contributed by atoms with Crippen molar-refractivity contribution in [1.29, 1.82) is 0 Å². The summed E-state index contributed by atoms with van der Waals surface area (Å²) < 4.78 is 0. The first-order valence-corrected chi connectivity index (χ1v) is 12.3. The van der Waals surface area contributed by atoms with Gasteiger partial charge in [0.1, 0.15) is 11.5 Å². The molecule has 0 amide bonds. The predicted octanol–water partition coefficient (Wildman–Crippen LogP) is 3.87. The molecule has 0 fully saturated rings. The maximum absolute atomic E-state index is 13.6. The summed E-state index contributed by atoms with van der Waals surface area (Å²) >= 11 is 11.8. The Hall–Kier alpha value is -2.45. The number of hydrogen-bond acceptors (Lipinski definition) is 7. The third-order valence-electron chi connectivity index (χ3n) is 5.84. The molecular weight excluding hydrogens is 475 g/mol. The minimum Gasteiger partial charge on any atom is -0.507 e. The molecule has 9 heteroatoms. The molecule has 1 aliphatic rings. The van der Waals surface area contributed by atoms with E-state index in [2.05, 4.69) is 22.1 Å². The topological polar surface area (TPSA) is 88.1 Å². The van der Waals surface area contributed by atoms with E-state index in [9.17, 15) is 15.0 Å². The fraction of sp³-hybridized carbons (Fsp3) is 0.400. The van der Waals surface area contributed by atoms with Crippen molar-refractivity contribution in [2.45, 2.75) is 0 Å². The lowest BCUT2D eigenvalue weighted by Gasteiger charge is -2.28. The Labute approximate surface area is 211 Å². The van der Waals surface area contributed by atoms with Gasteiger partial charge >= 0.3 is 0 Å². The molecule has 0 aromatic heterocycles. The molecule has 3 rings (SSSR count). The number of carbonyl (C=O) groups is 1. The summed E-state index contributed by atoms with van der Waals surface area (Å²) in [6, 6.07) is 6.48. The van der Waals surface area contributed by atoms with E-state index in [0.717, 1.165) is 31.9 Å². The van der Waals surface area contributed by atoms with Gasteiger partial charge in [-0.3, -0.25) is 9.69 Å². The number of alkyl halides is 2. The third-order valence-corrected chi connectivity index (χ3v) is 6.18. The normalized spacial score (nSPS) is 12.8. The zero-order valence-electron chi connectivity index (χ0n) is 19.6. The number of nitrogens with one attached hydrogen (secondary N) is 2. The van der Waals surface area contributed by atoms with Gasteiger partial charge in [0.25, 0.3) is 0 Å². The van der Waals surface area contributed by atoms with Crippen molar-refractivity contribution < 1.29 is 15.0 Å². The lowest BCUT2D eigenvalue weighted by molar-refractivity contribution is 0.103. The van der Waals surface area contributed by atoms with Gasteiger partial charge in [-0.1, -0.05) is 6.58 Å². The first-order chi connectivity index (χ1) is 16.3. The lowest BCUT2D eigenvalue weighted by Crippen LogP contribution is -2.32. The van der Waals surface area contributed by atoms with Gasteiger partial charge in [0, 0.05) is 73.5 Å². The summed E-state index contributed by atoms with van der Waals surface area (Å²) in [5.41, 5.74) is 3.26. The van der Waals surface area contributed by atoms with E-state index in [0.29, 0.717) is 47.2 Å². The van der Waals surface area contributed by atoms with Crippen LogP contribution in [0.1, 0.15) is 27.0 Å². The molecule has 34 heavy (non-hydrogen) atoms. The fourth-order valence-electron chi connectivity index (χ4n) is 4.15. The lowest BCUT2D eigenvalue weighted by atomic mass is 9.79. The number of phenolic OH excluding ortho intramolecular Hbond substituents is 2. The second-order valence-electron chi connectivity index (χ2n) is 8.45. The zero-order chi connectivity index (χ0) is 24.8. The molecule has 2 aromatic rings. The molecule has 1 aliphatic carbocycles. The molecule has 0 spiro atoms. The van der Waals surface area contributed by atoms with Crippen molar-refractivity contribution in [1.82, 2.24) is 9.80 Å². The average Bonchev–Trinajstić information content (AvgIpc) is 2.79. The van der Waals surface area contributed by atoms with Gasteiger partial charge < -0.3 is 25.7 Å². The highest BCUT2D eigenvalue weighted by atomic mass is 35.5. The predicted molar refractivity (Wildman–Crippen MR) is 141 cm³/mol. The monoisotopic (exact) mass is 506 g/mol. The largest absolute Gasteiger partial charge is 0.507 e. The highest BCUT2D eigenvalue weighted by molar-refractivity contribution is 6.24. The number of carbonyl (C=O) groups excluding carboxylic acids is 1. The first-order valence-electron chi connectivity index (χ1n) is 11.2. The number of rotatable bonds is 12. The van der Waals surface area contributed by atoms with Crippen LogP contribution in [0, 0.1) is 0 Å². The van der Waals surface area contributed by atoms with E-state index in [1.807, 2.05) is 31.1 Å². The maximum atomic E-state index is 13.6. The van der Waals surface area contributed by atoms with E-state index in [4.69, 9.17) is 23.2 Å². The molecule has 2 aromatic carbocycles. The van der Waals surface area contributed by atoms with Gasteiger partial charge in [-0.2, -0.15) is 0 Å². The average molecular weight is 507 g/mol. The number of aromatic hydroxyl groups is 2. The van der Waals surface area contributed by atoms with E-state index in [1.165, 1.54) is 12.1 Å². The molecule has 184 valence electrons. The number of ketones is 1. The van der Waals surface area contributed by atoms with Gasteiger partial charge in [-0.25, -0.2) is 0 Å². The molecule has 0 saturated carbocycles. The van der Waals surface area contributed by atoms with E-state index >= 15 is 0 Å².